The van der Waals surface area contributed by atoms with Crippen LogP contribution in [0.25, 0.3) is 0 Å². The van der Waals surface area contributed by atoms with Crippen molar-refractivity contribution in [2.75, 3.05) is 13.2 Å². The number of ether oxygens (including phenoxy) is 1. The Morgan fingerprint density at radius 2 is 2.09 bits per heavy atom. The Bertz CT molecular complexity index is 455. The fourth-order valence-corrected chi connectivity index (χ4v) is 3.03. The van der Waals surface area contributed by atoms with Gasteiger partial charge in [0.1, 0.15) is 5.75 Å². The van der Waals surface area contributed by atoms with Gasteiger partial charge in [0.2, 0.25) is 0 Å². The Morgan fingerprint density at radius 1 is 1.27 bits per heavy atom. The van der Waals surface area contributed by atoms with E-state index in [9.17, 15) is 4.79 Å². The van der Waals surface area contributed by atoms with Crippen LogP contribution >= 0.6 is 0 Å². The van der Waals surface area contributed by atoms with Crippen molar-refractivity contribution >= 4 is 5.91 Å². The van der Waals surface area contributed by atoms with Gasteiger partial charge >= 0.3 is 0 Å². The number of hydrogen-bond acceptors (Lipinski definition) is 3. The van der Waals surface area contributed by atoms with Crippen molar-refractivity contribution in [3.63, 3.8) is 0 Å². The summed E-state index contributed by atoms with van der Waals surface area (Å²) in [6.45, 7) is 0.734. The highest BCUT2D eigenvalue weighted by Gasteiger charge is 2.12. The van der Waals surface area contributed by atoms with Crippen molar-refractivity contribution in [2.45, 2.75) is 51.6 Å². The molecule has 0 unspecified atom stereocenters. The molecule has 4 nitrogen and oxygen atoms in total. The van der Waals surface area contributed by atoms with Crippen LogP contribution in [0.5, 0.6) is 5.75 Å². The lowest BCUT2D eigenvalue weighted by Gasteiger charge is -2.21. The fraction of sp³-hybridized carbons (Fsp3) is 0.611. The van der Waals surface area contributed by atoms with E-state index in [1.165, 1.54) is 38.5 Å². The fourth-order valence-electron chi connectivity index (χ4n) is 3.03. The molecule has 1 aliphatic rings. The van der Waals surface area contributed by atoms with E-state index in [0.29, 0.717) is 5.75 Å². The SMILES string of the molecule is O=C(COc1cccc(CO)c1)NCCCC1CCCCC1. The normalized spacial score (nSPS) is 15.5. The van der Waals surface area contributed by atoms with Gasteiger partial charge in [-0.25, -0.2) is 0 Å². The molecule has 0 bridgehead atoms. The van der Waals surface area contributed by atoms with E-state index in [1.54, 1.807) is 12.1 Å². The van der Waals surface area contributed by atoms with E-state index in [0.717, 1.165) is 24.4 Å². The van der Waals surface area contributed by atoms with Crippen molar-refractivity contribution in [3.05, 3.63) is 29.8 Å². The minimum absolute atomic E-state index is 0.0233. The molecule has 122 valence electrons. The molecule has 0 saturated heterocycles. The minimum Gasteiger partial charge on any atom is -0.484 e. The summed E-state index contributed by atoms with van der Waals surface area (Å²) in [5, 5.41) is 12.0. The van der Waals surface area contributed by atoms with Gasteiger partial charge in [0.25, 0.3) is 5.91 Å². The number of carbonyl (C=O) groups is 1. The van der Waals surface area contributed by atoms with Crippen LogP contribution in [0.4, 0.5) is 0 Å². The van der Waals surface area contributed by atoms with E-state index in [2.05, 4.69) is 5.32 Å². The second kappa shape index (κ2) is 9.46. The molecule has 0 aromatic heterocycles. The highest BCUT2D eigenvalue weighted by Crippen LogP contribution is 2.26. The average molecular weight is 305 g/mol. The van der Waals surface area contributed by atoms with E-state index in [4.69, 9.17) is 9.84 Å². The molecule has 0 atom stereocenters. The summed E-state index contributed by atoms with van der Waals surface area (Å²) in [5.74, 6) is 1.39. The van der Waals surface area contributed by atoms with Gasteiger partial charge in [0, 0.05) is 6.54 Å². The number of aliphatic hydroxyl groups excluding tert-OH is 1. The summed E-state index contributed by atoms with van der Waals surface area (Å²) in [4.78, 5) is 11.7. The molecule has 1 amide bonds. The van der Waals surface area contributed by atoms with E-state index < -0.39 is 0 Å². The second-order valence-corrected chi connectivity index (χ2v) is 6.09. The molecule has 0 heterocycles. The molecule has 1 aliphatic carbocycles. The number of carbonyl (C=O) groups excluding carboxylic acids is 1. The van der Waals surface area contributed by atoms with Gasteiger partial charge in [-0.15, -0.1) is 0 Å². The summed E-state index contributed by atoms with van der Waals surface area (Å²) in [7, 11) is 0. The summed E-state index contributed by atoms with van der Waals surface area (Å²) in [6, 6.07) is 7.16. The average Bonchev–Trinajstić information content (AvgIpc) is 2.58. The number of hydrogen-bond donors (Lipinski definition) is 2. The molecule has 2 rings (SSSR count). The topological polar surface area (TPSA) is 58.6 Å². The van der Waals surface area contributed by atoms with Gasteiger partial charge in [-0.1, -0.05) is 44.2 Å². The molecule has 4 heteroatoms. The van der Waals surface area contributed by atoms with Crippen molar-refractivity contribution in [1.29, 1.82) is 0 Å². The van der Waals surface area contributed by atoms with Crippen LogP contribution in [-0.4, -0.2) is 24.2 Å². The highest BCUT2D eigenvalue weighted by atomic mass is 16.5. The Kier molecular flexibility index (Phi) is 7.23. The third-order valence-corrected chi connectivity index (χ3v) is 4.29. The smallest absolute Gasteiger partial charge is 0.257 e. The van der Waals surface area contributed by atoms with Crippen molar-refractivity contribution in [2.24, 2.45) is 5.92 Å². The predicted molar refractivity (Wildman–Crippen MR) is 86.7 cm³/mol. The lowest BCUT2D eigenvalue weighted by Crippen LogP contribution is -2.30. The third kappa shape index (κ3) is 6.06. The first-order valence-corrected chi connectivity index (χ1v) is 8.37. The number of aliphatic hydroxyl groups is 1. The molecule has 1 fully saturated rings. The van der Waals surface area contributed by atoms with Crippen LogP contribution in [0, 0.1) is 5.92 Å². The van der Waals surface area contributed by atoms with Gasteiger partial charge in [-0.05, 0) is 36.5 Å². The first-order chi connectivity index (χ1) is 10.8. The minimum atomic E-state index is -0.0851. The molecular weight excluding hydrogens is 278 g/mol. The zero-order valence-electron chi connectivity index (χ0n) is 13.2. The standard InChI is InChI=1S/C18H27NO3/c20-13-16-8-4-10-17(12-16)22-14-18(21)19-11-5-9-15-6-2-1-3-7-15/h4,8,10,12,15,20H,1-3,5-7,9,11,13-14H2,(H,19,21). The number of nitrogens with one attached hydrogen (secondary N) is 1. The van der Waals surface area contributed by atoms with Crippen molar-refractivity contribution in [1.82, 2.24) is 5.32 Å². The number of amides is 1. The van der Waals surface area contributed by atoms with Gasteiger partial charge in [0.15, 0.2) is 6.61 Å². The predicted octanol–water partition coefficient (Wildman–Crippen LogP) is 3.03. The third-order valence-electron chi connectivity index (χ3n) is 4.29. The summed E-state index contributed by atoms with van der Waals surface area (Å²) in [6.07, 6.45) is 9.13. The maximum absolute atomic E-state index is 11.7. The Hall–Kier alpha value is -1.55. The highest BCUT2D eigenvalue weighted by molar-refractivity contribution is 5.77. The van der Waals surface area contributed by atoms with Gasteiger partial charge < -0.3 is 15.2 Å². The second-order valence-electron chi connectivity index (χ2n) is 6.09. The summed E-state index contributed by atoms with van der Waals surface area (Å²) >= 11 is 0. The van der Waals surface area contributed by atoms with Crippen molar-refractivity contribution in [3.8, 4) is 5.75 Å². The lowest BCUT2D eigenvalue weighted by molar-refractivity contribution is -0.123. The quantitative estimate of drug-likeness (QED) is 0.726. The van der Waals surface area contributed by atoms with Crippen LogP contribution in [0.2, 0.25) is 0 Å². The van der Waals surface area contributed by atoms with Gasteiger partial charge in [0.05, 0.1) is 6.61 Å². The zero-order valence-corrected chi connectivity index (χ0v) is 13.2. The summed E-state index contributed by atoms with van der Waals surface area (Å²) < 4.78 is 5.43. The monoisotopic (exact) mass is 305 g/mol. The maximum atomic E-state index is 11.7. The van der Waals surface area contributed by atoms with E-state index in [1.807, 2.05) is 12.1 Å². The van der Waals surface area contributed by atoms with Crippen LogP contribution < -0.4 is 10.1 Å². The number of rotatable bonds is 8. The van der Waals surface area contributed by atoms with E-state index >= 15 is 0 Å². The van der Waals surface area contributed by atoms with Crippen LogP contribution in [-0.2, 0) is 11.4 Å². The lowest BCUT2D eigenvalue weighted by atomic mass is 9.86. The molecule has 1 aromatic rings. The summed E-state index contributed by atoms with van der Waals surface area (Å²) in [5.41, 5.74) is 0.783. The largest absolute Gasteiger partial charge is 0.484 e. The molecule has 0 spiro atoms. The first kappa shape index (κ1) is 16.8. The molecular formula is C18H27NO3. The maximum Gasteiger partial charge on any atom is 0.257 e. The molecule has 0 radical (unpaired) electrons. The molecule has 0 aliphatic heterocycles. The molecule has 22 heavy (non-hydrogen) atoms. The van der Waals surface area contributed by atoms with Gasteiger partial charge in [-0.3, -0.25) is 4.79 Å². The van der Waals surface area contributed by atoms with Crippen LogP contribution in [0.3, 0.4) is 0 Å². The van der Waals surface area contributed by atoms with E-state index in [-0.39, 0.29) is 19.1 Å². The molecule has 2 N–H and O–H groups in total. The van der Waals surface area contributed by atoms with Crippen molar-refractivity contribution < 1.29 is 14.6 Å². The zero-order chi connectivity index (χ0) is 15.6. The molecule has 1 aromatic carbocycles. The number of benzene rings is 1. The van der Waals surface area contributed by atoms with Crippen LogP contribution in [0.15, 0.2) is 24.3 Å². The van der Waals surface area contributed by atoms with Gasteiger partial charge in [-0.2, -0.15) is 0 Å². The Morgan fingerprint density at radius 3 is 2.86 bits per heavy atom. The van der Waals surface area contributed by atoms with Crippen LogP contribution in [0.1, 0.15) is 50.5 Å². The Labute approximate surface area is 132 Å². The first-order valence-electron chi connectivity index (χ1n) is 8.37. The molecule has 1 saturated carbocycles. The Balaban J connectivity index is 1.57.